The molecule has 21 heavy (non-hydrogen) atoms. The first kappa shape index (κ1) is 17.7. The molecule has 0 unspecified atom stereocenters. The Bertz CT molecular complexity index is 471. The fourth-order valence-electron chi connectivity index (χ4n) is 1.49. The number of nitrogens with one attached hydrogen (secondary N) is 3. The number of hydrazine groups is 1. The zero-order valence-corrected chi connectivity index (χ0v) is 14.4. The molecular formula is C14H20BrN3O2S. The van der Waals surface area contributed by atoms with E-state index in [-0.39, 0.29) is 12.5 Å². The van der Waals surface area contributed by atoms with Crippen LogP contribution in [0.1, 0.15) is 26.2 Å². The van der Waals surface area contributed by atoms with Gasteiger partial charge in [0.25, 0.3) is 5.91 Å². The Kier molecular flexibility index (Phi) is 8.77. The SMILES string of the molecule is CCCCCNC(=S)NNC(=O)COc1cccc(Br)c1. The van der Waals surface area contributed by atoms with Crippen molar-refractivity contribution in [1.29, 1.82) is 0 Å². The molecule has 0 atom stereocenters. The highest BCUT2D eigenvalue weighted by Gasteiger charge is 2.03. The van der Waals surface area contributed by atoms with Crippen molar-refractivity contribution in [2.45, 2.75) is 26.2 Å². The second-order valence-electron chi connectivity index (χ2n) is 4.38. The Morgan fingerprint density at radius 1 is 1.33 bits per heavy atom. The molecule has 116 valence electrons. The van der Waals surface area contributed by atoms with E-state index in [0.717, 1.165) is 30.3 Å². The number of thiocarbonyl (C=S) groups is 1. The van der Waals surface area contributed by atoms with Gasteiger partial charge in [-0.2, -0.15) is 0 Å². The average molecular weight is 374 g/mol. The summed E-state index contributed by atoms with van der Waals surface area (Å²) in [5.74, 6) is 0.326. The molecule has 1 rings (SSSR count). The molecule has 7 heteroatoms. The Hall–Kier alpha value is -1.34. The number of halogens is 1. The maximum Gasteiger partial charge on any atom is 0.276 e. The van der Waals surface area contributed by atoms with Gasteiger partial charge in [-0.05, 0) is 36.8 Å². The van der Waals surface area contributed by atoms with Crippen LogP contribution in [0.5, 0.6) is 5.75 Å². The standard InChI is InChI=1S/C14H20BrN3O2S/c1-2-3-4-8-16-14(21)18-17-13(19)10-20-12-7-5-6-11(15)9-12/h5-7,9H,2-4,8,10H2,1H3,(H,17,19)(H2,16,18,21). The Labute approximate surface area is 138 Å². The van der Waals surface area contributed by atoms with Gasteiger partial charge >= 0.3 is 0 Å². The third-order valence-electron chi connectivity index (χ3n) is 2.55. The van der Waals surface area contributed by atoms with Crippen molar-refractivity contribution in [3.63, 3.8) is 0 Å². The molecule has 1 aromatic rings. The normalized spacial score (nSPS) is 9.81. The monoisotopic (exact) mass is 373 g/mol. The van der Waals surface area contributed by atoms with Crippen LogP contribution < -0.4 is 20.9 Å². The lowest BCUT2D eigenvalue weighted by atomic mass is 10.2. The maximum atomic E-state index is 11.6. The molecule has 0 fully saturated rings. The number of ether oxygens (including phenoxy) is 1. The molecule has 0 aliphatic rings. The summed E-state index contributed by atoms with van der Waals surface area (Å²) in [6.07, 6.45) is 3.37. The summed E-state index contributed by atoms with van der Waals surface area (Å²) < 4.78 is 6.25. The van der Waals surface area contributed by atoms with Gasteiger partial charge < -0.3 is 10.1 Å². The highest BCUT2D eigenvalue weighted by Crippen LogP contribution is 2.17. The van der Waals surface area contributed by atoms with Crippen molar-refractivity contribution in [2.75, 3.05) is 13.2 Å². The Morgan fingerprint density at radius 2 is 2.14 bits per heavy atom. The number of hydrogen-bond donors (Lipinski definition) is 3. The van der Waals surface area contributed by atoms with E-state index in [1.165, 1.54) is 0 Å². The van der Waals surface area contributed by atoms with Crippen molar-refractivity contribution >= 4 is 39.2 Å². The molecule has 0 aliphatic carbocycles. The minimum atomic E-state index is -0.298. The lowest BCUT2D eigenvalue weighted by molar-refractivity contribution is -0.123. The maximum absolute atomic E-state index is 11.6. The lowest BCUT2D eigenvalue weighted by Crippen LogP contribution is -2.48. The first-order valence-corrected chi connectivity index (χ1v) is 8.03. The molecule has 0 bridgehead atoms. The first-order valence-electron chi connectivity index (χ1n) is 6.83. The summed E-state index contributed by atoms with van der Waals surface area (Å²) in [4.78, 5) is 11.6. The number of carbonyl (C=O) groups excluding carboxylic acids is 1. The fraction of sp³-hybridized carbons (Fsp3) is 0.429. The molecule has 5 nitrogen and oxygen atoms in total. The number of hydrogen-bond acceptors (Lipinski definition) is 3. The Morgan fingerprint density at radius 3 is 2.86 bits per heavy atom. The topological polar surface area (TPSA) is 62.4 Å². The van der Waals surface area contributed by atoms with Gasteiger partial charge in [-0.25, -0.2) is 0 Å². The largest absolute Gasteiger partial charge is 0.484 e. The molecule has 0 spiro atoms. The van der Waals surface area contributed by atoms with E-state index in [0.29, 0.717) is 10.9 Å². The van der Waals surface area contributed by atoms with Crippen molar-refractivity contribution in [3.8, 4) is 5.75 Å². The summed E-state index contributed by atoms with van der Waals surface area (Å²) in [6, 6.07) is 7.30. The highest BCUT2D eigenvalue weighted by atomic mass is 79.9. The van der Waals surface area contributed by atoms with E-state index in [4.69, 9.17) is 17.0 Å². The molecule has 0 aromatic heterocycles. The molecule has 0 saturated carbocycles. The van der Waals surface area contributed by atoms with E-state index in [1.54, 1.807) is 12.1 Å². The molecule has 0 aliphatic heterocycles. The summed E-state index contributed by atoms with van der Waals surface area (Å²) >= 11 is 8.37. The third kappa shape index (κ3) is 8.52. The number of unbranched alkanes of at least 4 members (excludes halogenated alkanes) is 2. The second kappa shape index (κ2) is 10.4. The number of amides is 1. The van der Waals surface area contributed by atoms with Crippen LogP contribution in [0.25, 0.3) is 0 Å². The van der Waals surface area contributed by atoms with Gasteiger partial charge in [-0.15, -0.1) is 0 Å². The van der Waals surface area contributed by atoms with Gasteiger partial charge in [0.2, 0.25) is 0 Å². The van der Waals surface area contributed by atoms with Crippen LogP contribution in [0, 0.1) is 0 Å². The van der Waals surface area contributed by atoms with E-state index in [1.807, 2.05) is 12.1 Å². The van der Waals surface area contributed by atoms with Gasteiger partial charge in [0.15, 0.2) is 11.7 Å². The fourth-order valence-corrected chi connectivity index (χ4v) is 2.02. The van der Waals surface area contributed by atoms with Crippen LogP contribution in [0.15, 0.2) is 28.7 Å². The summed E-state index contributed by atoms with van der Waals surface area (Å²) in [7, 11) is 0. The van der Waals surface area contributed by atoms with Gasteiger partial charge in [0.05, 0.1) is 0 Å². The van der Waals surface area contributed by atoms with Crippen molar-refractivity contribution in [2.24, 2.45) is 0 Å². The molecule has 3 N–H and O–H groups in total. The van der Waals surface area contributed by atoms with Crippen LogP contribution in [0.3, 0.4) is 0 Å². The summed E-state index contributed by atoms with van der Waals surface area (Å²) in [5, 5.41) is 3.42. The minimum Gasteiger partial charge on any atom is -0.484 e. The zero-order chi connectivity index (χ0) is 15.5. The van der Waals surface area contributed by atoms with E-state index < -0.39 is 0 Å². The predicted molar refractivity (Wildman–Crippen MR) is 91.0 cm³/mol. The first-order chi connectivity index (χ1) is 10.1. The highest BCUT2D eigenvalue weighted by molar-refractivity contribution is 9.10. The third-order valence-corrected chi connectivity index (χ3v) is 3.29. The lowest BCUT2D eigenvalue weighted by Gasteiger charge is -2.12. The number of rotatable bonds is 7. The molecule has 0 radical (unpaired) electrons. The van der Waals surface area contributed by atoms with Crippen LogP contribution in [0.2, 0.25) is 0 Å². The quantitative estimate of drug-likeness (QED) is 0.389. The van der Waals surface area contributed by atoms with Crippen LogP contribution >= 0.6 is 28.1 Å². The van der Waals surface area contributed by atoms with Crippen LogP contribution in [-0.2, 0) is 4.79 Å². The minimum absolute atomic E-state index is 0.0814. The number of benzene rings is 1. The molecule has 1 amide bonds. The molecule has 0 saturated heterocycles. The van der Waals surface area contributed by atoms with Gasteiger partial charge in [0, 0.05) is 11.0 Å². The molecule has 0 heterocycles. The van der Waals surface area contributed by atoms with Crippen LogP contribution in [-0.4, -0.2) is 24.2 Å². The Balaban J connectivity index is 2.15. The smallest absolute Gasteiger partial charge is 0.276 e. The van der Waals surface area contributed by atoms with Crippen molar-refractivity contribution < 1.29 is 9.53 Å². The molecular weight excluding hydrogens is 354 g/mol. The van der Waals surface area contributed by atoms with E-state index in [9.17, 15) is 4.79 Å². The van der Waals surface area contributed by atoms with E-state index in [2.05, 4.69) is 39.0 Å². The van der Waals surface area contributed by atoms with Gasteiger partial charge in [-0.3, -0.25) is 15.6 Å². The van der Waals surface area contributed by atoms with E-state index >= 15 is 0 Å². The van der Waals surface area contributed by atoms with Crippen molar-refractivity contribution in [1.82, 2.24) is 16.2 Å². The number of carbonyl (C=O) groups is 1. The molecule has 1 aromatic carbocycles. The van der Waals surface area contributed by atoms with Crippen molar-refractivity contribution in [3.05, 3.63) is 28.7 Å². The summed E-state index contributed by atoms with van der Waals surface area (Å²) in [5.41, 5.74) is 5.12. The summed E-state index contributed by atoms with van der Waals surface area (Å²) in [6.45, 7) is 2.86. The zero-order valence-electron chi connectivity index (χ0n) is 11.9. The van der Waals surface area contributed by atoms with Crippen LogP contribution in [0.4, 0.5) is 0 Å². The predicted octanol–water partition coefficient (Wildman–Crippen LogP) is 2.51. The second-order valence-corrected chi connectivity index (χ2v) is 5.71. The average Bonchev–Trinajstić information content (AvgIpc) is 2.47. The van der Waals surface area contributed by atoms with Gasteiger partial charge in [-0.1, -0.05) is 41.8 Å². The van der Waals surface area contributed by atoms with Gasteiger partial charge in [0.1, 0.15) is 5.75 Å².